The molecule has 0 aliphatic heterocycles. The van der Waals surface area contributed by atoms with E-state index in [1.54, 1.807) is 0 Å². The Bertz CT molecular complexity index is 1340. The first-order valence-corrected chi connectivity index (χ1v) is 12.0. The van der Waals surface area contributed by atoms with Crippen LogP contribution >= 0.6 is 0 Å². The summed E-state index contributed by atoms with van der Waals surface area (Å²) in [5.74, 6) is -1.01. The van der Waals surface area contributed by atoms with Crippen molar-refractivity contribution in [3.8, 4) is 22.6 Å². The van der Waals surface area contributed by atoms with Crippen LogP contribution in [0.2, 0.25) is 0 Å². The van der Waals surface area contributed by atoms with Gasteiger partial charge in [0.05, 0.1) is 5.39 Å². The van der Waals surface area contributed by atoms with Crippen molar-refractivity contribution in [2.45, 2.75) is 60.3 Å². The second kappa shape index (κ2) is 11.2. The van der Waals surface area contributed by atoms with Gasteiger partial charge in [0.2, 0.25) is 0 Å². The number of ketones is 1. The van der Waals surface area contributed by atoms with Gasteiger partial charge in [-0.15, -0.1) is 0 Å². The molecule has 0 saturated carbocycles. The molecule has 2 N–H and O–H groups in total. The largest absolute Gasteiger partial charge is 0.507 e. The van der Waals surface area contributed by atoms with Crippen molar-refractivity contribution < 1.29 is 19.4 Å². The van der Waals surface area contributed by atoms with Crippen molar-refractivity contribution in [2.75, 3.05) is 0 Å². The number of aromatic hydroxyl groups is 2. The van der Waals surface area contributed by atoms with Crippen molar-refractivity contribution in [3.63, 3.8) is 0 Å². The molecule has 0 unspecified atom stereocenters. The summed E-state index contributed by atoms with van der Waals surface area (Å²) in [6.45, 7) is 9.93. The van der Waals surface area contributed by atoms with Gasteiger partial charge in [-0.25, -0.2) is 4.79 Å². The maximum absolute atomic E-state index is 13.1. The SMILES string of the molecule is CC(C)=CCCC(C)=CCc1c(O)c(C(=O)CC(C)C)c(O)c2c(-c3ccccc3)cc(=O)oc12. The van der Waals surface area contributed by atoms with Gasteiger partial charge in [0.1, 0.15) is 22.6 Å². The Balaban J connectivity index is 2.27. The van der Waals surface area contributed by atoms with Gasteiger partial charge in [0.25, 0.3) is 0 Å². The Morgan fingerprint density at radius 3 is 2.34 bits per heavy atom. The van der Waals surface area contributed by atoms with Gasteiger partial charge in [-0.3, -0.25) is 4.79 Å². The van der Waals surface area contributed by atoms with E-state index in [1.807, 2.05) is 57.2 Å². The Morgan fingerprint density at radius 1 is 1.03 bits per heavy atom. The van der Waals surface area contributed by atoms with Crippen LogP contribution < -0.4 is 5.63 Å². The normalized spacial score (nSPS) is 11.8. The average Bonchev–Trinajstić information content (AvgIpc) is 2.78. The van der Waals surface area contributed by atoms with E-state index in [4.69, 9.17) is 4.42 Å². The minimum absolute atomic E-state index is 0.0416. The van der Waals surface area contributed by atoms with E-state index in [2.05, 4.69) is 19.9 Å². The summed E-state index contributed by atoms with van der Waals surface area (Å²) >= 11 is 0. The molecule has 35 heavy (non-hydrogen) atoms. The first-order valence-electron chi connectivity index (χ1n) is 12.0. The highest BCUT2D eigenvalue weighted by Crippen LogP contribution is 2.44. The number of phenolic OH excluding ortho intramolecular Hbond substituents is 2. The van der Waals surface area contributed by atoms with E-state index in [9.17, 15) is 19.8 Å². The fourth-order valence-corrected chi connectivity index (χ4v) is 4.18. The summed E-state index contributed by atoms with van der Waals surface area (Å²) in [5.41, 5.74) is 3.22. The number of allylic oxidation sites excluding steroid dienone is 4. The predicted octanol–water partition coefficient (Wildman–Crippen LogP) is 7.34. The molecule has 2 aromatic carbocycles. The number of carbonyl (C=O) groups is 1. The van der Waals surface area contributed by atoms with Gasteiger partial charge >= 0.3 is 5.63 Å². The molecule has 1 aromatic heterocycles. The van der Waals surface area contributed by atoms with E-state index in [0.29, 0.717) is 16.7 Å². The Kier molecular flexibility index (Phi) is 8.34. The molecule has 1 heterocycles. The first-order chi connectivity index (χ1) is 16.6. The molecule has 0 spiro atoms. The Morgan fingerprint density at radius 2 is 1.71 bits per heavy atom. The van der Waals surface area contributed by atoms with Gasteiger partial charge < -0.3 is 14.6 Å². The van der Waals surface area contributed by atoms with Crippen LogP contribution in [0.1, 0.15) is 69.8 Å². The predicted molar refractivity (Wildman–Crippen MR) is 141 cm³/mol. The van der Waals surface area contributed by atoms with E-state index in [0.717, 1.165) is 18.4 Å². The highest BCUT2D eigenvalue weighted by molar-refractivity contribution is 6.11. The van der Waals surface area contributed by atoms with Crippen molar-refractivity contribution in [2.24, 2.45) is 5.92 Å². The molecule has 0 fully saturated rings. The van der Waals surface area contributed by atoms with E-state index < -0.39 is 5.63 Å². The third kappa shape index (κ3) is 6.10. The van der Waals surface area contributed by atoms with E-state index in [-0.39, 0.29) is 52.6 Å². The summed E-state index contributed by atoms with van der Waals surface area (Å²) in [4.78, 5) is 25.7. The quantitative estimate of drug-likeness (QED) is 0.192. The number of benzene rings is 2. The van der Waals surface area contributed by atoms with Gasteiger partial charge in [-0.1, -0.05) is 67.5 Å². The van der Waals surface area contributed by atoms with E-state index in [1.165, 1.54) is 11.6 Å². The minimum atomic E-state index is -0.595. The minimum Gasteiger partial charge on any atom is -0.507 e. The van der Waals surface area contributed by atoms with Crippen LogP contribution in [0, 0.1) is 5.92 Å². The molecule has 3 aromatic rings. The number of phenols is 2. The lowest BCUT2D eigenvalue weighted by atomic mass is 9.91. The van der Waals surface area contributed by atoms with Crippen LogP contribution in [0.3, 0.4) is 0 Å². The number of rotatable bonds is 9. The molecule has 184 valence electrons. The van der Waals surface area contributed by atoms with Crippen molar-refractivity contribution >= 4 is 16.8 Å². The third-order valence-corrected chi connectivity index (χ3v) is 5.93. The zero-order valence-electron chi connectivity index (χ0n) is 21.1. The lowest BCUT2D eigenvalue weighted by molar-refractivity contribution is 0.0962. The van der Waals surface area contributed by atoms with Crippen LogP contribution in [0.5, 0.6) is 11.5 Å². The molecule has 3 rings (SSSR count). The molecule has 5 heteroatoms. The lowest BCUT2D eigenvalue weighted by Gasteiger charge is -2.17. The summed E-state index contributed by atoms with van der Waals surface area (Å²) < 4.78 is 5.55. The van der Waals surface area contributed by atoms with Crippen molar-refractivity contribution in [3.05, 3.63) is 81.2 Å². The zero-order chi connectivity index (χ0) is 25.7. The van der Waals surface area contributed by atoms with Gasteiger partial charge in [0, 0.05) is 23.6 Å². The molecule has 0 radical (unpaired) electrons. The fraction of sp³-hybridized carbons (Fsp3) is 0.333. The van der Waals surface area contributed by atoms with Crippen LogP contribution in [0.15, 0.2) is 68.9 Å². The fourth-order valence-electron chi connectivity index (χ4n) is 4.18. The van der Waals surface area contributed by atoms with Gasteiger partial charge in [-0.2, -0.15) is 0 Å². The standard InChI is InChI=1S/C30H34O5/c1-18(2)10-9-11-20(5)14-15-22-28(33)27(24(31)16-19(3)4)29(34)26-23(17-25(32)35-30(22)26)21-12-7-6-8-13-21/h6-8,10,12-14,17,19,33-34H,9,11,15-16H2,1-5H3. The molecule has 0 aliphatic rings. The summed E-state index contributed by atoms with van der Waals surface area (Å²) in [6, 6.07) is 10.5. The number of carbonyl (C=O) groups excluding carboxylic acids is 1. The highest BCUT2D eigenvalue weighted by atomic mass is 16.4. The van der Waals surface area contributed by atoms with Gasteiger partial charge in [-0.05, 0) is 51.5 Å². The molecule has 0 atom stereocenters. The lowest BCUT2D eigenvalue weighted by Crippen LogP contribution is -2.08. The van der Waals surface area contributed by atoms with Crippen molar-refractivity contribution in [1.29, 1.82) is 0 Å². The molecule has 0 bridgehead atoms. The monoisotopic (exact) mass is 474 g/mol. The maximum Gasteiger partial charge on any atom is 0.336 e. The van der Waals surface area contributed by atoms with Crippen LogP contribution in [0.4, 0.5) is 0 Å². The van der Waals surface area contributed by atoms with Crippen molar-refractivity contribution in [1.82, 2.24) is 0 Å². The molecule has 0 amide bonds. The second-order valence-corrected chi connectivity index (χ2v) is 9.70. The number of Topliss-reactive ketones (excluding diaryl/α,β-unsaturated/α-hetero) is 1. The summed E-state index contributed by atoms with van der Waals surface area (Å²) in [7, 11) is 0. The Labute approximate surface area is 206 Å². The topological polar surface area (TPSA) is 87.7 Å². The Hall–Kier alpha value is -3.60. The molecule has 0 saturated heterocycles. The first kappa shape index (κ1) is 26.0. The van der Waals surface area contributed by atoms with Gasteiger partial charge in [0.15, 0.2) is 5.78 Å². The average molecular weight is 475 g/mol. The second-order valence-electron chi connectivity index (χ2n) is 9.70. The number of hydrogen-bond acceptors (Lipinski definition) is 5. The third-order valence-electron chi connectivity index (χ3n) is 5.93. The summed E-state index contributed by atoms with van der Waals surface area (Å²) in [6.07, 6.45) is 6.31. The number of fused-ring (bicyclic) bond motifs is 1. The zero-order valence-corrected chi connectivity index (χ0v) is 21.1. The number of hydrogen-bond donors (Lipinski definition) is 2. The molecular weight excluding hydrogens is 440 g/mol. The molecule has 0 aliphatic carbocycles. The van der Waals surface area contributed by atoms with Crippen LogP contribution in [-0.4, -0.2) is 16.0 Å². The molecular formula is C30H34O5. The van der Waals surface area contributed by atoms with Crippen LogP contribution in [0.25, 0.3) is 22.1 Å². The maximum atomic E-state index is 13.1. The highest BCUT2D eigenvalue weighted by Gasteiger charge is 2.27. The van der Waals surface area contributed by atoms with Crippen LogP contribution in [-0.2, 0) is 6.42 Å². The molecule has 5 nitrogen and oxygen atoms in total. The smallest absolute Gasteiger partial charge is 0.336 e. The van der Waals surface area contributed by atoms with E-state index >= 15 is 0 Å². The summed E-state index contributed by atoms with van der Waals surface area (Å²) in [5, 5.41) is 22.7.